The smallest absolute Gasteiger partial charge is 0.263 e. The normalized spacial score (nSPS) is 25.5. The molecule has 0 bridgehead atoms. The largest absolute Gasteiger partial charge is 0.388 e. The number of rotatable bonds is 4. The van der Waals surface area contributed by atoms with Crippen LogP contribution in [0.15, 0.2) is 24.3 Å². The van der Waals surface area contributed by atoms with Crippen LogP contribution in [-0.2, 0) is 0 Å². The third kappa shape index (κ3) is 3.53. The Bertz CT molecular complexity index is 397. The fourth-order valence-corrected chi connectivity index (χ4v) is 3.06. The van der Waals surface area contributed by atoms with Gasteiger partial charge in [-0.1, -0.05) is 44.4 Å². The van der Waals surface area contributed by atoms with Crippen molar-refractivity contribution in [3.8, 4) is 0 Å². The van der Waals surface area contributed by atoms with Crippen molar-refractivity contribution >= 4 is 0 Å². The van der Waals surface area contributed by atoms with E-state index in [1.165, 1.54) is 18.6 Å². The lowest BCUT2D eigenvalue weighted by molar-refractivity contribution is 0.0725. The fraction of sp³-hybridized carbons (Fsp3) is 0.625. The van der Waals surface area contributed by atoms with Crippen LogP contribution in [0.4, 0.5) is 8.78 Å². The van der Waals surface area contributed by atoms with Gasteiger partial charge in [-0.2, -0.15) is 0 Å². The van der Waals surface area contributed by atoms with Crippen molar-refractivity contribution in [3.05, 3.63) is 35.4 Å². The van der Waals surface area contributed by atoms with Gasteiger partial charge in [0.05, 0.1) is 6.10 Å². The maximum atomic E-state index is 12.7. The van der Waals surface area contributed by atoms with Crippen LogP contribution >= 0.6 is 0 Å². The van der Waals surface area contributed by atoms with E-state index >= 15 is 0 Å². The topological polar surface area (TPSA) is 20.2 Å². The van der Waals surface area contributed by atoms with Crippen LogP contribution in [0.2, 0.25) is 0 Å². The van der Waals surface area contributed by atoms with Gasteiger partial charge >= 0.3 is 0 Å². The van der Waals surface area contributed by atoms with E-state index in [-0.39, 0.29) is 11.5 Å². The molecule has 0 amide bonds. The Balaban J connectivity index is 2.03. The van der Waals surface area contributed by atoms with Gasteiger partial charge < -0.3 is 5.11 Å². The predicted octanol–water partition coefficient (Wildman–Crippen LogP) is 4.87. The quantitative estimate of drug-likeness (QED) is 0.825. The van der Waals surface area contributed by atoms with E-state index in [1.54, 1.807) is 12.1 Å². The Kier molecular flexibility index (Phi) is 4.92. The SMILES string of the molecule is CCC1CCC(C(O)c2cccc(C(F)F)c2)CC1. The van der Waals surface area contributed by atoms with Crippen molar-refractivity contribution in [2.24, 2.45) is 11.8 Å². The van der Waals surface area contributed by atoms with Gasteiger partial charge in [0, 0.05) is 5.56 Å². The highest BCUT2D eigenvalue weighted by Gasteiger charge is 2.27. The molecule has 0 aromatic heterocycles. The highest BCUT2D eigenvalue weighted by atomic mass is 19.3. The summed E-state index contributed by atoms with van der Waals surface area (Å²) in [6, 6.07) is 6.22. The molecule has 1 atom stereocenters. The summed E-state index contributed by atoms with van der Waals surface area (Å²) in [4.78, 5) is 0. The molecule has 0 aliphatic heterocycles. The first-order valence-corrected chi connectivity index (χ1v) is 7.18. The van der Waals surface area contributed by atoms with Crippen LogP contribution in [0, 0.1) is 11.8 Å². The molecule has 1 aromatic carbocycles. The van der Waals surface area contributed by atoms with E-state index in [9.17, 15) is 13.9 Å². The third-order valence-electron chi connectivity index (χ3n) is 4.42. The third-order valence-corrected chi connectivity index (χ3v) is 4.42. The molecule has 2 rings (SSSR count). The number of halogens is 2. The highest BCUT2D eigenvalue weighted by molar-refractivity contribution is 5.26. The Labute approximate surface area is 113 Å². The first-order valence-electron chi connectivity index (χ1n) is 7.18. The molecule has 106 valence electrons. The van der Waals surface area contributed by atoms with Gasteiger partial charge in [-0.25, -0.2) is 8.78 Å². The highest BCUT2D eigenvalue weighted by Crippen LogP contribution is 2.38. The molecule has 1 saturated carbocycles. The summed E-state index contributed by atoms with van der Waals surface area (Å²) >= 11 is 0. The molecule has 0 heterocycles. The van der Waals surface area contributed by atoms with Gasteiger partial charge in [-0.15, -0.1) is 0 Å². The Hall–Kier alpha value is -0.960. The minimum atomic E-state index is -2.47. The van der Waals surface area contributed by atoms with Crippen LogP contribution < -0.4 is 0 Å². The van der Waals surface area contributed by atoms with Crippen molar-refractivity contribution in [2.45, 2.75) is 51.6 Å². The monoisotopic (exact) mass is 268 g/mol. The summed E-state index contributed by atoms with van der Waals surface area (Å²) in [5, 5.41) is 10.4. The minimum absolute atomic E-state index is 0.00112. The Morgan fingerprint density at radius 3 is 2.37 bits per heavy atom. The summed E-state index contributed by atoms with van der Waals surface area (Å²) in [5.74, 6) is 0.992. The van der Waals surface area contributed by atoms with Crippen molar-refractivity contribution in [3.63, 3.8) is 0 Å². The van der Waals surface area contributed by atoms with Crippen LogP contribution in [0.1, 0.15) is 62.7 Å². The lowest BCUT2D eigenvalue weighted by atomic mass is 9.77. The molecular weight excluding hydrogens is 246 g/mol. The Morgan fingerprint density at radius 2 is 1.79 bits per heavy atom. The van der Waals surface area contributed by atoms with Gasteiger partial charge in [0.25, 0.3) is 6.43 Å². The first kappa shape index (κ1) is 14.4. The average Bonchev–Trinajstić information content (AvgIpc) is 2.46. The zero-order valence-corrected chi connectivity index (χ0v) is 11.4. The summed E-state index contributed by atoms with van der Waals surface area (Å²) in [6.07, 6.45) is 2.42. The van der Waals surface area contributed by atoms with Gasteiger partial charge in [-0.05, 0) is 36.3 Å². The van der Waals surface area contributed by atoms with Crippen LogP contribution in [0.25, 0.3) is 0 Å². The Morgan fingerprint density at radius 1 is 1.16 bits per heavy atom. The summed E-state index contributed by atoms with van der Waals surface area (Å²) < 4.78 is 25.3. The molecule has 1 aliphatic rings. The molecular formula is C16H22F2O. The molecule has 0 radical (unpaired) electrons. The molecule has 0 spiro atoms. The second kappa shape index (κ2) is 6.47. The average molecular weight is 268 g/mol. The number of hydrogen-bond donors (Lipinski definition) is 1. The molecule has 1 unspecified atom stereocenters. The van der Waals surface area contributed by atoms with E-state index in [0.717, 1.165) is 31.6 Å². The van der Waals surface area contributed by atoms with Gasteiger partial charge in [0.15, 0.2) is 0 Å². The van der Waals surface area contributed by atoms with E-state index in [2.05, 4.69) is 6.92 Å². The molecule has 1 fully saturated rings. The summed E-state index contributed by atoms with van der Waals surface area (Å²) in [6.45, 7) is 2.20. The first-order chi connectivity index (χ1) is 9.11. The van der Waals surface area contributed by atoms with Gasteiger partial charge in [-0.3, -0.25) is 0 Å². The maximum absolute atomic E-state index is 12.7. The number of aliphatic hydroxyl groups excluding tert-OH is 1. The van der Waals surface area contributed by atoms with Crippen LogP contribution in [0.3, 0.4) is 0 Å². The van der Waals surface area contributed by atoms with Gasteiger partial charge in [0.2, 0.25) is 0 Å². The minimum Gasteiger partial charge on any atom is -0.388 e. The lowest BCUT2D eigenvalue weighted by Crippen LogP contribution is -2.20. The number of hydrogen-bond acceptors (Lipinski definition) is 1. The maximum Gasteiger partial charge on any atom is 0.263 e. The second-order valence-electron chi connectivity index (χ2n) is 5.60. The van der Waals surface area contributed by atoms with Crippen molar-refractivity contribution in [1.29, 1.82) is 0 Å². The van der Waals surface area contributed by atoms with Gasteiger partial charge in [0.1, 0.15) is 0 Å². The number of alkyl halides is 2. The van der Waals surface area contributed by atoms with Crippen molar-refractivity contribution in [1.82, 2.24) is 0 Å². The molecule has 19 heavy (non-hydrogen) atoms. The predicted molar refractivity (Wildman–Crippen MR) is 72.1 cm³/mol. The molecule has 0 saturated heterocycles. The zero-order valence-electron chi connectivity index (χ0n) is 11.4. The second-order valence-corrected chi connectivity index (χ2v) is 5.60. The molecule has 1 aliphatic carbocycles. The summed E-state index contributed by atoms with van der Waals surface area (Å²) in [7, 11) is 0. The fourth-order valence-electron chi connectivity index (χ4n) is 3.06. The van der Waals surface area contributed by atoms with E-state index in [1.807, 2.05) is 0 Å². The molecule has 1 N–H and O–H groups in total. The van der Waals surface area contributed by atoms with Crippen LogP contribution in [-0.4, -0.2) is 5.11 Å². The standard InChI is InChI=1S/C16H22F2O/c1-2-11-6-8-12(9-7-11)15(19)13-4-3-5-14(10-13)16(17)18/h3-5,10-12,15-16,19H,2,6-9H2,1H3. The molecule has 3 heteroatoms. The molecule has 1 aromatic rings. The lowest BCUT2D eigenvalue weighted by Gasteiger charge is -2.31. The van der Waals surface area contributed by atoms with Crippen LogP contribution in [0.5, 0.6) is 0 Å². The van der Waals surface area contributed by atoms with E-state index in [0.29, 0.717) is 5.56 Å². The summed E-state index contributed by atoms with van der Waals surface area (Å²) in [5.41, 5.74) is 0.636. The van der Waals surface area contributed by atoms with Crippen molar-refractivity contribution in [2.75, 3.05) is 0 Å². The number of benzene rings is 1. The zero-order chi connectivity index (χ0) is 13.8. The van der Waals surface area contributed by atoms with E-state index in [4.69, 9.17) is 0 Å². The van der Waals surface area contributed by atoms with E-state index < -0.39 is 12.5 Å². The number of aliphatic hydroxyl groups is 1. The molecule has 1 nitrogen and oxygen atoms in total. The van der Waals surface area contributed by atoms with Crippen molar-refractivity contribution < 1.29 is 13.9 Å².